The molecule has 0 aliphatic heterocycles. The molecule has 3 rings (SSSR count). The maximum Gasteiger partial charge on any atom is 0.394 e. The highest BCUT2D eigenvalue weighted by Crippen LogP contribution is 2.40. The minimum Gasteiger partial charge on any atom is -0.352 e. The van der Waals surface area contributed by atoms with E-state index in [4.69, 9.17) is 0 Å². The quantitative estimate of drug-likeness (QED) is 0.532. The standard InChI is InChI=1S/C21H26F3N7O2/c1-13(2)31-16(5-6-27-31)19(33)26-11-15-12-30-17(29-15)7-14(10-28-30)9-25-18(32)8-20(3,4)21(22,23)24/h5-7,10,12-13H,8-9,11H2,1-4H3,(H,25,32)(H,26,33). The predicted octanol–water partition coefficient (Wildman–Crippen LogP) is 3.03. The lowest BCUT2D eigenvalue weighted by molar-refractivity contribution is -0.213. The molecule has 0 saturated carbocycles. The van der Waals surface area contributed by atoms with E-state index in [1.807, 2.05) is 13.8 Å². The summed E-state index contributed by atoms with van der Waals surface area (Å²) in [4.78, 5) is 28.8. The van der Waals surface area contributed by atoms with Gasteiger partial charge in [0, 0.05) is 25.2 Å². The van der Waals surface area contributed by atoms with Gasteiger partial charge in [0.1, 0.15) is 5.69 Å². The van der Waals surface area contributed by atoms with Gasteiger partial charge in [-0.1, -0.05) is 13.8 Å². The molecule has 2 amide bonds. The third-order valence-corrected chi connectivity index (χ3v) is 5.11. The summed E-state index contributed by atoms with van der Waals surface area (Å²) in [6.45, 7) is 6.02. The molecular formula is C21H26F3N7O2. The third kappa shape index (κ3) is 5.68. The largest absolute Gasteiger partial charge is 0.394 e. The minimum atomic E-state index is -4.47. The maximum absolute atomic E-state index is 12.9. The number of hydrogen-bond acceptors (Lipinski definition) is 5. The van der Waals surface area contributed by atoms with Crippen LogP contribution in [0, 0.1) is 5.41 Å². The lowest BCUT2D eigenvalue weighted by Gasteiger charge is -2.26. The summed E-state index contributed by atoms with van der Waals surface area (Å²) in [5.74, 6) is -0.985. The number of carbonyl (C=O) groups is 2. The van der Waals surface area contributed by atoms with E-state index in [0.29, 0.717) is 22.6 Å². The summed E-state index contributed by atoms with van der Waals surface area (Å²) in [5.41, 5.74) is -0.0380. The molecule has 3 heterocycles. The van der Waals surface area contributed by atoms with Crippen LogP contribution in [0.25, 0.3) is 5.65 Å². The van der Waals surface area contributed by atoms with E-state index >= 15 is 0 Å². The van der Waals surface area contributed by atoms with Gasteiger partial charge in [-0.05, 0) is 31.5 Å². The highest BCUT2D eigenvalue weighted by Gasteiger charge is 2.48. The van der Waals surface area contributed by atoms with Crippen molar-refractivity contribution in [2.45, 2.75) is 59.4 Å². The number of rotatable bonds is 8. The van der Waals surface area contributed by atoms with Gasteiger partial charge in [0.05, 0.1) is 30.0 Å². The Morgan fingerprint density at radius 2 is 1.85 bits per heavy atom. The summed E-state index contributed by atoms with van der Waals surface area (Å²) in [5, 5.41) is 13.6. The highest BCUT2D eigenvalue weighted by atomic mass is 19.4. The SMILES string of the molecule is CC(C)n1nccc1C(=O)NCc1cn2ncc(CNC(=O)CC(C)(C)C(F)(F)F)cc2n1. The topological polar surface area (TPSA) is 106 Å². The molecule has 0 aliphatic carbocycles. The molecule has 2 N–H and O–H groups in total. The molecule has 3 aromatic heterocycles. The molecule has 0 aliphatic rings. The minimum absolute atomic E-state index is 0.0222. The first-order chi connectivity index (χ1) is 15.4. The lowest BCUT2D eigenvalue weighted by atomic mass is 9.88. The fourth-order valence-electron chi connectivity index (χ4n) is 3.08. The molecule has 0 spiro atoms. The van der Waals surface area contributed by atoms with Gasteiger partial charge in [-0.15, -0.1) is 0 Å². The summed E-state index contributed by atoms with van der Waals surface area (Å²) < 4.78 is 42.0. The zero-order valence-electron chi connectivity index (χ0n) is 18.8. The molecule has 178 valence electrons. The lowest BCUT2D eigenvalue weighted by Crippen LogP contribution is -2.37. The maximum atomic E-state index is 12.9. The molecule has 0 bridgehead atoms. The number of fused-ring (bicyclic) bond motifs is 1. The molecule has 0 fully saturated rings. The van der Waals surface area contributed by atoms with E-state index in [9.17, 15) is 22.8 Å². The number of nitrogens with zero attached hydrogens (tertiary/aromatic N) is 5. The van der Waals surface area contributed by atoms with Crippen LogP contribution in [0.3, 0.4) is 0 Å². The molecular weight excluding hydrogens is 439 g/mol. The molecule has 33 heavy (non-hydrogen) atoms. The second-order valence-electron chi connectivity index (χ2n) is 8.67. The van der Waals surface area contributed by atoms with Gasteiger partial charge in [0.15, 0.2) is 5.65 Å². The van der Waals surface area contributed by atoms with Crippen LogP contribution < -0.4 is 10.6 Å². The summed E-state index contributed by atoms with van der Waals surface area (Å²) in [7, 11) is 0. The predicted molar refractivity (Wildman–Crippen MR) is 113 cm³/mol. The fraction of sp³-hybridized carbons (Fsp3) is 0.476. The Morgan fingerprint density at radius 1 is 1.12 bits per heavy atom. The summed E-state index contributed by atoms with van der Waals surface area (Å²) in [6.07, 6.45) is -0.429. The number of carbonyl (C=O) groups excluding carboxylic acids is 2. The van der Waals surface area contributed by atoms with Gasteiger partial charge in [-0.25, -0.2) is 9.50 Å². The van der Waals surface area contributed by atoms with Crippen molar-refractivity contribution in [2.75, 3.05) is 0 Å². The van der Waals surface area contributed by atoms with Gasteiger partial charge >= 0.3 is 6.18 Å². The molecule has 9 nitrogen and oxygen atoms in total. The molecule has 0 unspecified atom stereocenters. The highest BCUT2D eigenvalue weighted by molar-refractivity contribution is 5.92. The second kappa shape index (κ2) is 9.20. The van der Waals surface area contributed by atoms with E-state index in [0.717, 1.165) is 13.8 Å². The first kappa shape index (κ1) is 24.2. The number of hydrogen-bond donors (Lipinski definition) is 2. The Bertz CT molecular complexity index is 1150. The number of nitrogens with one attached hydrogen (secondary N) is 2. The third-order valence-electron chi connectivity index (χ3n) is 5.11. The van der Waals surface area contributed by atoms with Crippen molar-refractivity contribution in [3.63, 3.8) is 0 Å². The van der Waals surface area contributed by atoms with Gasteiger partial charge in [-0.3, -0.25) is 14.3 Å². The van der Waals surface area contributed by atoms with Crippen molar-refractivity contribution in [1.29, 1.82) is 0 Å². The zero-order valence-corrected chi connectivity index (χ0v) is 18.8. The van der Waals surface area contributed by atoms with Crippen molar-refractivity contribution in [3.8, 4) is 0 Å². The number of alkyl halides is 3. The first-order valence-corrected chi connectivity index (χ1v) is 10.4. The van der Waals surface area contributed by atoms with Crippen LogP contribution in [0.15, 0.2) is 30.7 Å². The molecule has 12 heteroatoms. The van der Waals surface area contributed by atoms with Crippen LogP contribution >= 0.6 is 0 Å². The number of amides is 2. The van der Waals surface area contributed by atoms with Gasteiger partial charge < -0.3 is 10.6 Å². The van der Waals surface area contributed by atoms with E-state index in [1.54, 1.807) is 29.2 Å². The van der Waals surface area contributed by atoms with Crippen LogP contribution in [-0.4, -0.2) is 42.4 Å². The van der Waals surface area contributed by atoms with Crippen molar-refractivity contribution in [3.05, 3.63) is 47.7 Å². The van der Waals surface area contributed by atoms with Gasteiger partial charge in [0.2, 0.25) is 5.91 Å². The van der Waals surface area contributed by atoms with E-state index in [2.05, 4.69) is 25.8 Å². The Balaban J connectivity index is 1.59. The molecule has 0 atom stereocenters. The van der Waals surface area contributed by atoms with Crippen LogP contribution in [0.2, 0.25) is 0 Å². The average Bonchev–Trinajstić information content (AvgIpc) is 3.35. The monoisotopic (exact) mass is 465 g/mol. The summed E-state index contributed by atoms with van der Waals surface area (Å²) >= 11 is 0. The van der Waals surface area contributed by atoms with Crippen molar-refractivity contribution in [1.82, 2.24) is 35.0 Å². The van der Waals surface area contributed by atoms with Gasteiger partial charge in [-0.2, -0.15) is 23.4 Å². The number of aromatic nitrogens is 5. The smallest absolute Gasteiger partial charge is 0.352 e. The van der Waals surface area contributed by atoms with Crippen molar-refractivity contribution < 1.29 is 22.8 Å². The Labute approximate surface area is 188 Å². The Kier molecular flexibility index (Phi) is 6.75. The Morgan fingerprint density at radius 3 is 2.52 bits per heavy atom. The van der Waals surface area contributed by atoms with E-state index in [1.165, 1.54) is 10.7 Å². The van der Waals surface area contributed by atoms with Crippen molar-refractivity contribution >= 4 is 17.5 Å². The van der Waals surface area contributed by atoms with Crippen LogP contribution in [0.1, 0.15) is 61.9 Å². The van der Waals surface area contributed by atoms with Crippen LogP contribution in [0.5, 0.6) is 0 Å². The van der Waals surface area contributed by atoms with E-state index < -0.39 is 23.9 Å². The molecule has 0 aromatic carbocycles. The fourth-order valence-corrected chi connectivity index (χ4v) is 3.08. The first-order valence-electron chi connectivity index (χ1n) is 10.4. The van der Waals surface area contributed by atoms with Gasteiger partial charge in [0.25, 0.3) is 5.91 Å². The Hall–Kier alpha value is -3.44. The normalized spacial score (nSPS) is 12.4. The summed E-state index contributed by atoms with van der Waals surface area (Å²) in [6, 6.07) is 3.34. The number of imidazole rings is 1. The second-order valence-corrected chi connectivity index (χ2v) is 8.67. The number of halogens is 3. The van der Waals surface area contributed by atoms with Crippen LogP contribution in [-0.2, 0) is 17.9 Å². The molecule has 3 aromatic rings. The molecule has 0 saturated heterocycles. The molecule has 0 radical (unpaired) electrons. The van der Waals surface area contributed by atoms with Crippen LogP contribution in [0.4, 0.5) is 13.2 Å². The zero-order chi connectivity index (χ0) is 24.4. The van der Waals surface area contributed by atoms with Crippen molar-refractivity contribution in [2.24, 2.45) is 5.41 Å². The average molecular weight is 465 g/mol. The van der Waals surface area contributed by atoms with E-state index in [-0.39, 0.29) is 25.0 Å².